The van der Waals surface area contributed by atoms with Crippen molar-refractivity contribution in [2.24, 2.45) is 0 Å². The smallest absolute Gasteiger partial charge is 0 e. The predicted molar refractivity (Wildman–Crippen MR) is 144 cm³/mol. The molecular formula is C30H34Ir2N4-2. The fourth-order valence-electron chi connectivity index (χ4n) is 3.38. The van der Waals surface area contributed by atoms with Crippen molar-refractivity contribution in [3.05, 3.63) is 110 Å². The molecule has 4 heterocycles. The maximum atomic E-state index is 4.03. The Kier molecular flexibility index (Phi) is 18.3. The first kappa shape index (κ1) is 31.7. The van der Waals surface area contributed by atoms with E-state index >= 15 is 0 Å². The molecule has 4 aromatic heterocycles. The molecular weight excluding hydrogens is 801 g/mol. The van der Waals surface area contributed by atoms with Gasteiger partial charge in [-0.25, -0.2) is 0 Å². The van der Waals surface area contributed by atoms with Crippen LogP contribution in [0.4, 0.5) is 0 Å². The first-order valence-corrected chi connectivity index (χ1v) is 12.2. The van der Waals surface area contributed by atoms with Gasteiger partial charge in [0, 0.05) is 40.2 Å². The molecule has 194 valence electrons. The van der Waals surface area contributed by atoms with Gasteiger partial charge in [-0.05, 0) is 62.1 Å². The summed E-state index contributed by atoms with van der Waals surface area (Å²) in [4.78, 5) is 16.1. The first-order chi connectivity index (χ1) is 16.9. The molecule has 36 heavy (non-hydrogen) atoms. The normalized spacial score (nSPS) is 17.6. The van der Waals surface area contributed by atoms with Gasteiger partial charge < -0.3 is 19.9 Å². The van der Waals surface area contributed by atoms with Gasteiger partial charge in [0.15, 0.2) is 0 Å². The molecule has 0 N–H and O–H groups in total. The van der Waals surface area contributed by atoms with E-state index in [1.807, 2.05) is 36.4 Å². The summed E-state index contributed by atoms with van der Waals surface area (Å²) in [7, 11) is 0. The quantitative estimate of drug-likeness (QED) is 0.171. The topological polar surface area (TPSA) is 54.0 Å². The molecule has 6 rings (SSSR count). The number of rotatable bonds is 0. The molecule has 6 heteroatoms. The zero-order valence-electron chi connectivity index (χ0n) is 20.5. The number of allylic oxidation sites excluding steroid dienone is 8. The minimum atomic E-state index is 0. The maximum Gasteiger partial charge on any atom is 0 e. The average Bonchev–Trinajstić information content (AvgIpc) is 3.49. The Hall–Kier alpha value is -2.36. The monoisotopic (exact) mass is 836 g/mol. The van der Waals surface area contributed by atoms with Crippen LogP contribution in [0.15, 0.2) is 110 Å². The number of nitrogens with zero attached hydrogens (tertiary/aromatic N) is 4. The minimum absolute atomic E-state index is 0. The molecule has 2 aliphatic rings. The second-order valence-corrected chi connectivity index (χ2v) is 7.92. The second kappa shape index (κ2) is 20.8. The van der Waals surface area contributed by atoms with Crippen LogP contribution >= 0.6 is 0 Å². The SMILES string of the molecule is C1=C\CC/C=C\CC/1.C1=C\CC/C=C\CC/1.[Ir].[Ir].c1cnc2[n-]ccc2c1.c1cnc2[n-]ccc2c1. The molecule has 0 amide bonds. The van der Waals surface area contributed by atoms with Crippen LogP contribution in [-0.2, 0) is 40.2 Å². The van der Waals surface area contributed by atoms with Gasteiger partial charge in [0.25, 0.3) is 0 Å². The fourth-order valence-corrected chi connectivity index (χ4v) is 3.38. The van der Waals surface area contributed by atoms with Crippen molar-refractivity contribution in [1.29, 1.82) is 0 Å². The molecule has 0 aromatic carbocycles. The zero-order chi connectivity index (χ0) is 23.5. The Balaban J connectivity index is 0.000000236. The molecule has 0 spiro atoms. The van der Waals surface area contributed by atoms with Gasteiger partial charge >= 0.3 is 0 Å². The molecule has 0 atom stereocenters. The maximum absolute atomic E-state index is 4.03. The van der Waals surface area contributed by atoms with Crippen LogP contribution < -0.4 is 9.97 Å². The Morgan fingerprint density at radius 3 is 1.03 bits per heavy atom. The van der Waals surface area contributed by atoms with Crippen LogP contribution in [-0.4, -0.2) is 9.97 Å². The van der Waals surface area contributed by atoms with E-state index in [9.17, 15) is 0 Å². The molecule has 0 aliphatic heterocycles. The third-order valence-electron chi connectivity index (χ3n) is 5.20. The summed E-state index contributed by atoms with van der Waals surface area (Å²) in [5.41, 5.74) is 1.66. The molecule has 0 unspecified atom stereocenters. The van der Waals surface area contributed by atoms with Crippen LogP contribution in [0.3, 0.4) is 0 Å². The van der Waals surface area contributed by atoms with E-state index in [-0.39, 0.29) is 40.2 Å². The van der Waals surface area contributed by atoms with Crippen molar-refractivity contribution in [2.75, 3.05) is 0 Å². The first-order valence-electron chi connectivity index (χ1n) is 12.2. The molecule has 0 saturated heterocycles. The van der Waals surface area contributed by atoms with Gasteiger partial charge in [-0.15, -0.1) is 0 Å². The number of aromatic nitrogens is 4. The van der Waals surface area contributed by atoms with Crippen molar-refractivity contribution < 1.29 is 40.2 Å². The van der Waals surface area contributed by atoms with Crippen molar-refractivity contribution in [3.8, 4) is 0 Å². The Morgan fingerprint density at radius 2 is 0.750 bits per heavy atom. The summed E-state index contributed by atoms with van der Waals surface area (Å²) in [6.07, 6.45) is 35.0. The van der Waals surface area contributed by atoms with Gasteiger partial charge in [-0.2, -0.15) is 0 Å². The summed E-state index contributed by atoms with van der Waals surface area (Å²) in [5, 5.41) is 2.22. The molecule has 0 bridgehead atoms. The molecule has 0 saturated carbocycles. The average molecular weight is 835 g/mol. The largest absolute Gasteiger partial charge is 0.442 e. The summed E-state index contributed by atoms with van der Waals surface area (Å²) >= 11 is 0. The van der Waals surface area contributed by atoms with E-state index in [1.165, 1.54) is 51.4 Å². The Bertz CT molecular complexity index is 981. The molecule has 4 aromatic rings. The van der Waals surface area contributed by atoms with E-state index in [2.05, 4.69) is 68.5 Å². The summed E-state index contributed by atoms with van der Waals surface area (Å²) in [6, 6.07) is 11.7. The summed E-state index contributed by atoms with van der Waals surface area (Å²) in [5.74, 6) is 0. The second-order valence-electron chi connectivity index (χ2n) is 7.92. The van der Waals surface area contributed by atoms with E-state index in [0.29, 0.717) is 0 Å². The molecule has 2 radical (unpaired) electrons. The minimum Gasteiger partial charge on any atom is -0.442 e. The number of hydrogen-bond acceptors (Lipinski definition) is 2. The van der Waals surface area contributed by atoms with Crippen LogP contribution in [0, 0.1) is 0 Å². The van der Waals surface area contributed by atoms with Crippen molar-refractivity contribution in [1.82, 2.24) is 19.9 Å². The number of fused-ring (bicyclic) bond motifs is 2. The fraction of sp³-hybridized carbons (Fsp3) is 0.267. The number of pyridine rings is 2. The van der Waals surface area contributed by atoms with Crippen LogP contribution in [0.25, 0.3) is 22.1 Å². The van der Waals surface area contributed by atoms with E-state index in [1.54, 1.807) is 24.8 Å². The van der Waals surface area contributed by atoms with Crippen LogP contribution in [0.2, 0.25) is 0 Å². The third-order valence-corrected chi connectivity index (χ3v) is 5.20. The van der Waals surface area contributed by atoms with E-state index < -0.39 is 0 Å². The predicted octanol–water partition coefficient (Wildman–Crippen LogP) is 7.72. The van der Waals surface area contributed by atoms with E-state index in [4.69, 9.17) is 0 Å². The summed E-state index contributed by atoms with van der Waals surface area (Å²) < 4.78 is 0. The van der Waals surface area contributed by atoms with Crippen LogP contribution in [0.1, 0.15) is 51.4 Å². The number of hydrogen-bond donors (Lipinski definition) is 0. The van der Waals surface area contributed by atoms with Gasteiger partial charge in [0.05, 0.1) is 0 Å². The van der Waals surface area contributed by atoms with Crippen molar-refractivity contribution in [2.45, 2.75) is 51.4 Å². The van der Waals surface area contributed by atoms with E-state index in [0.717, 1.165) is 22.1 Å². The van der Waals surface area contributed by atoms with Crippen molar-refractivity contribution >= 4 is 22.1 Å². The molecule has 0 fully saturated rings. The third kappa shape index (κ3) is 13.1. The standard InChI is InChI=1S/2C8H12.2C7H5N2.2Ir/c2*1-2-4-6-8-7-5-3-1;2*1-2-6-3-5-9-7(6)8-4-1;;/h2*1-2,7-8H,3-6H2;2*1-5H;;/q;;2*-1;;/b2*2-1-,8-7-;;;;. The Labute approximate surface area is 242 Å². The molecule has 4 nitrogen and oxygen atoms in total. The van der Waals surface area contributed by atoms with Gasteiger partial charge in [-0.1, -0.05) is 121 Å². The zero-order valence-corrected chi connectivity index (χ0v) is 25.3. The van der Waals surface area contributed by atoms with Crippen molar-refractivity contribution in [3.63, 3.8) is 0 Å². The molecule has 2 aliphatic carbocycles. The van der Waals surface area contributed by atoms with Gasteiger partial charge in [0.1, 0.15) is 0 Å². The Morgan fingerprint density at radius 1 is 0.444 bits per heavy atom. The van der Waals surface area contributed by atoms with Gasteiger partial charge in [0.2, 0.25) is 0 Å². The summed E-state index contributed by atoms with van der Waals surface area (Å²) in [6.45, 7) is 0. The van der Waals surface area contributed by atoms with Crippen LogP contribution in [0.5, 0.6) is 0 Å². The van der Waals surface area contributed by atoms with Gasteiger partial charge in [-0.3, -0.25) is 0 Å².